The summed E-state index contributed by atoms with van der Waals surface area (Å²) in [5, 5.41) is 9.05. The molecule has 9 heteroatoms. The number of aromatic nitrogens is 1. The highest BCUT2D eigenvalue weighted by atomic mass is 19.1. The maximum Gasteiger partial charge on any atom is 0.258 e. The van der Waals surface area contributed by atoms with Crippen molar-refractivity contribution in [2.24, 2.45) is 0 Å². The van der Waals surface area contributed by atoms with Crippen LogP contribution >= 0.6 is 0 Å². The van der Waals surface area contributed by atoms with Crippen LogP contribution < -0.4 is 25.4 Å². The number of amides is 2. The maximum absolute atomic E-state index is 14.3. The van der Waals surface area contributed by atoms with Crippen molar-refractivity contribution < 1.29 is 23.5 Å². The Kier molecular flexibility index (Phi) is 6.58. The first kappa shape index (κ1) is 22.8. The highest BCUT2D eigenvalue weighted by Gasteiger charge is 2.29. The van der Waals surface area contributed by atoms with Crippen LogP contribution in [-0.4, -0.2) is 48.6 Å². The lowest BCUT2D eigenvalue weighted by atomic mass is 10.0. The van der Waals surface area contributed by atoms with Gasteiger partial charge in [-0.3, -0.25) is 14.6 Å². The lowest BCUT2D eigenvalue weighted by molar-refractivity contribution is -0.123. The van der Waals surface area contributed by atoms with Crippen molar-refractivity contribution in [2.45, 2.75) is 25.1 Å². The Morgan fingerprint density at radius 2 is 1.86 bits per heavy atom. The second kappa shape index (κ2) is 10.1. The number of nitrogens with zero attached hydrogens (tertiary/aromatic N) is 1. The van der Waals surface area contributed by atoms with E-state index >= 15 is 0 Å². The molecule has 3 heterocycles. The zero-order valence-electron chi connectivity index (χ0n) is 18.9. The molecule has 0 unspecified atom stereocenters. The van der Waals surface area contributed by atoms with Gasteiger partial charge >= 0.3 is 0 Å². The number of piperidine rings is 1. The summed E-state index contributed by atoms with van der Waals surface area (Å²) in [7, 11) is 0. The third kappa shape index (κ3) is 5.58. The minimum atomic E-state index is -0.469. The van der Waals surface area contributed by atoms with E-state index in [0.717, 1.165) is 11.1 Å². The van der Waals surface area contributed by atoms with Crippen LogP contribution in [0.2, 0.25) is 0 Å². The Morgan fingerprint density at radius 1 is 0.971 bits per heavy atom. The van der Waals surface area contributed by atoms with Crippen LogP contribution in [0.25, 0.3) is 11.1 Å². The van der Waals surface area contributed by atoms with Gasteiger partial charge in [0.25, 0.3) is 11.8 Å². The predicted molar refractivity (Wildman–Crippen MR) is 127 cm³/mol. The van der Waals surface area contributed by atoms with Crippen LogP contribution in [0, 0.1) is 5.82 Å². The second-order valence-corrected chi connectivity index (χ2v) is 8.58. The molecular formula is C26H25FN4O4. The molecular weight excluding hydrogens is 451 g/mol. The van der Waals surface area contributed by atoms with E-state index in [2.05, 4.69) is 20.9 Å². The maximum atomic E-state index is 14.3. The number of hydrogen-bond acceptors (Lipinski definition) is 6. The second-order valence-electron chi connectivity index (χ2n) is 8.58. The van der Waals surface area contributed by atoms with Gasteiger partial charge in [0.15, 0.2) is 6.61 Å². The van der Waals surface area contributed by atoms with Gasteiger partial charge in [-0.25, -0.2) is 4.39 Å². The van der Waals surface area contributed by atoms with E-state index in [0.29, 0.717) is 42.1 Å². The summed E-state index contributed by atoms with van der Waals surface area (Å²) < 4.78 is 26.1. The molecule has 1 aromatic heterocycles. The Balaban J connectivity index is 1.49. The Hall–Kier alpha value is -3.98. The van der Waals surface area contributed by atoms with Gasteiger partial charge in [-0.1, -0.05) is 12.1 Å². The molecule has 0 aliphatic carbocycles. The zero-order chi connectivity index (χ0) is 24.2. The third-order valence-electron chi connectivity index (χ3n) is 5.98. The number of rotatable bonds is 0. The molecule has 3 N–H and O–H groups in total. The molecule has 3 aromatic rings. The number of carbonyl (C=O) groups is 2. The van der Waals surface area contributed by atoms with Crippen LogP contribution in [-0.2, 0) is 11.3 Å². The fraction of sp³-hybridized carbons (Fsp3) is 0.269. The largest absolute Gasteiger partial charge is 0.488 e. The Labute approximate surface area is 201 Å². The van der Waals surface area contributed by atoms with Gasteiger partial charge in [-0.2, -0.15) is 0 Å². The smallest absolute Gasteiger partial charge is 0.258 e. The molecule has 8 nitrogen and oxygen atoms in total. The number of ether oxygens (including phenoxy) is 2. The molecule has 0 spiro atoms. The van der Waals surface area contributed by atoms with E-state index in [1.807, 2.05) is 12.1 Å². The molecule has 2 atom stereocenters. The van der Waals surface area contributed by atoms with Crippen molar-refractivity contribution in [2.75, 3.05) is 19.7 Å². The molecule has 0 radical (unpaired) electrons. The van der Waals surface area contributed by atoms with Crippen molar-refractivity contribution in [1.29, 1.82) is 0 Å². The van der Waals surface area contributed by atoms with Crippen molar-refractivity contribution in [1.82, 2.24) is 20.9 Å². The summed E-state index contributed by atoms with van der Waals surface area (Å²) in [6.07, 6.45) is 3.46. The minimum Gasteiger partial charge on any atom is -0.488 e. The molecule has 2 aliphatic rings. The van der Waals surface area contributed by atoms with Gasteiger partial charge in [0.2, 0.25) is 0 Å². The van der Waals surface area contributed by atoms with E-state index in [4.69, 9.17) is 9.47 Å². The average Bonchev–Trinajstić information content (AvgIpc) is 2.87. The summed E-state index contributed by atoms with van der Waals surface area (Å²) in [5.74, 6) is -0.237. The summed E-state index contributed by atoms with van der Waals surface area (Å²) in [4.78, 5) is 29.7. The normalized spacial score (nSPS) is 20.5. The van der Waals surface area contributed by atoms with Gasteiger partial charge in [-0.15, -0.1) is 0 Å². The first-order chi connectivity index (χ1) is 17.0. The van der Waals surface area contributed by atoms with Crippen molar-refractivity contribution in [3.05, 3.63) is 77.9 Å². The average molecular weight is 477 g/mol. The number of carbonyl (C=O) groups excluding carboxylic acids is 2. The highest BCUT2D eigenvalue weighted by molar-refractivity contribution is 5.95. The molecule has 0 saturated carbocycles. The summed E-state index contributed by atoms with van der Waals surface area (Å²) >= 11 is 0. The van der Waals surface area contributed by atoms with E-state index in [-0.39, 0.29) is 37.1 Å². The first-order valence-corrected chi connectivity index (χ1v) is 11.5. The summed E-state index contributed by atoms with van der Waals surface area (Å²) in [6, 6.07) is 13.0. The molecule has 2 aromatic carbocycles. The number of hydrogen-bond donors (Lipinski definition) is 3. The molecule has 5 rings (SSSR count). The van der Waals surface area contributed by atoms with E-state index in [1.165, 1.54) is 18.3 Å². The quantitative estimate of drug-likeness (QED) is 0.461. The Morgan fingerprint density at radius 3 is 2.77 bits per heavy atom. The molecule has 1 saturated heterocycles. The number of benzene rings is 2. The van der Waals surface area contributed by atoms with Crippen LogP contribution in [0.1, 0.15) is 22.3 Å². The standard InChI is InChI=1S/C26H25FN4O4/c27-20-6-16-7-22(10-20)35-24-4-5-28-14-23(24)31-26(33)19-8-18(12-29-13-19)17-2-1-3-21(9-17)34-15-25(32)30-11-16/h1-3,6-10,12-13,23-24,28H,4-5,11,14-15H2,(H,30,32)(H,31,33)/t23-,24+/m1/s1. The number of nitrogens with one attached hydrogen (secondary N) is 3. The lowest BCUT2D eigenvalue weighted by Crippen LogP contribution is -2.55. The van der Waals surface area contributed by atoms with Crippen LogP contribution in [0.4, 0.5) is 4.39 Å². The Bertz CT molecular complexity index is 1250. The van der Waals surface area contributed by atoms with Crippen molar-refractivity contribution in [3.63, 3.8) is 0 Å². The van der Waals surface area contributed by atoms with Crippen LogP contribution in [0.3, 0.4) is 0 Å². The molecule has 6 bridgehead atoms. The minimum absolute atomic E-state index is 0.125. The fourth-order valence-electron chi connectivity index (χ4n) is 4.22. The van der Waals surface area contributed by atoms with Gasteiger partial charge in [-0.05, 0) is 54.4 Å². The van der Waals surface area contributed by atoms with Crippen LogP contribution in [0.5, 0.6) is 11.5 Å². The van der Waals surface area contributed by atoms with E-state index in [1.54, 1.807) is 30.5 Å². The third-order valence-corrected chi connectivity index (χ3v) is 5.98. The summed E-state index contributed by atoms with van der Waals surface area (Å²) in [5.41, 5.74) is 2.51. The monoisotopic (exact) mass is 476 g/mol. The highest BCUT2D eigenvalue weighted by Crippen LogP contribution is 2.25. The predicted octanol–water partition coefficient (Wildman–Crippen LogP) is 2.44. The molecule has 35 heavy (non-hydrogen) atoms. The van der Waals surface area contributed by atoms with E-state index in [9.17, 15) is 14.0 Å². The van der Waals surface area contributed by atoms with Gasteiger partial charge in [0, 0.05) is 37.1 Å². The van der Waals surface area contributed by atoms with Gasteiger partial charge in [0.1, 0.15) is 23.4 Å². The molecule has 1 fully saturated rings. The molecule has 2 amide bonds. The SMILES string of the molecule is O=C1COc2cccc(c2)-c2cncc(c2)C(=O)N[C@@H]2CNCC[C@@H]2Oc2cc(F)cc(c2)CN1. The number of fused-ring (bicyclic) bond motifs is 8. The van der Waals surface area contributed by atoms with Crippen molar-refractivity contribution in [3.8, 4) is 22.6 Å². The molecule has 2 aliphatic heterocycles. The van der Waals surface area contributed by atoms with E-state index < -0.39 is 5.82 Å². The number of halogens is 1. The fourth-order valence-corrected chi connectivity index (χ4v) is 4.22. The van der Waals surface area contributed by atoms with Crippen LogP contribution in [0.15, 0.2) is 60.9 Å². The van der Waals surface area contributed by atoms with Crippen molar-refractivity contribution >= 4 is 11.8 Å². The lowest BCUT2D eigenvalue weighted by Gasteiger charge is -2.33. The first-order valence-electron chi connectivity index (χ1n) is 11.5. The zero-order valence-corrected chi connectivity index (χ0v) is 18.9. The summed E-state index contributed by atoms with van der Waals surface area (Å²) in [6.45, 7) is 1.16. The topological polar surface area (TPSA) is 102 Å². The van der Waals surface area contributed by atoms with Gasteiger partial charge < -0.3 is 25.4 Å². The molecule has 180 valence electrons. The van der Waals surface area contributed by atoms with Gasteiger partial charge in [0.05, 0.1) is 11.6 Å². The number of pyridine rings is 1.